The van der Waals surface area contributed by atoms with Gasteiger partial charge < -0.3 is 15.8 Å². The third kappa shape index (κ3) is 5.33. The Balaban J connectivity index is 2.50. The molecule has 0 bridgehead atoms. The van der Waals surface area contributed by atoms with Gasteiger partial charge in [-0.3, -0.25) is 9.69 Å². The van der Waals surface area contributed by atoms with E-state index in [0.29, 0.717) is 25.2 Å². The minimum absolute atomic E-state index is 0.247. The topological polar surface area (TPSA) is 67.6 Å². The maximum atomic E-state index is 11.5. The molecule has 0 spiro atoms. The zero-order valence-electron chi connectivity index (χ0n) is 11.8. The van der Waals surface area contributed by atoms with Gasteiger partial charge in [0.15, 0.2) is 0 Å². The first kappa shape index (κ1) is 15.4. The van der Waals surface area contributed by atoms with Gasteiger partial charge in [-0.1, -0.05) is 6.92 Å². The Hall–Kier alpha value is -0.650. The number of hydrogen-bond acceptors (Lipinski definition) is 4. The van der Waals surface area contributed by atoms with Crippen molar-refractivity contribution in [1.82, 2.24) is 10.2 Å². The van der Waals surface area contributed by atoms with Gasteiger partial charge in [-0.15, -0.1) is 0 Å². The number of primary amides is 1. The maximum absolute atomic E-state index is 11.5. The lowest BCUT2D eigenvalue weighted by atomic mass is 10.1. The number of amides is 1. The van der Waals surface area contributed by atoms with Gasteiger partial charge in [0.05, 0.1) is 12.6 Å². The molecule has 0 aromatic heterocycles. The van der Waals surface area contributed by atoms with Crippen molar-refractivity contribution in [3.8, 4) is 0 Å². The second-order valence-corrected chi connectivity index (χ2v) is 5.14. The van der Waals surface area contributed by atoms with Crippen molar-refractivity contribution >= 4 is 5.91 Å². The molecule has 3 N–H and O–H groups in total. The lowest BCUT2D eigenvalue weighted by Gasteiger charge is -2.31. The molecule has 1 fully saturated rings. The highest BCUT2D eigenvalue weighted by molar-refractivity contribution is 5.80. The molecule has 106 valence electrons. The fourth-order valence-electron chi connectivity index (χ4n) is 1.95. The molecule has 1 amide bonds. The van der Waals surface area contributed by atoms with E-state index in [4.69, 9.17) is 10.5 Å². The molecule has 0 radical (unpaired) electrons. The number of methoxy groups -OCH3 is 1. The molecular weight excluding hydrogens is 230 g/mol. The van der Waals surface area contributed by atoms with Crippen molar-refractivity contribution in [1.29, 1.82) is 0 Å². The third-order valence-electron chi connectivity index (χ3n) is 3.57. The second kappa shape index (κ2) is 7.71. The molecule has 18 heavy (non-hydrogen) atoms. The van der Waals surface area contributed by atoms with Gasteiger partial charge in [0.1, 0.15) is 0 Å². The number of rotatable bonds is 10. The molecule has 2 unspecified atom stereocenters. The van der Waals surface area contributed by atoms with Gasteiger partial charge in [-0.05, 0) is 26.2 Å². The fraction of sp³-hybridized carbons (Fsp3) is 0.923. The van der Waals surface area contributed by atoms with Crippen LogP contribution in [-0.2, 0) is 9.53 Å². The number of ether oxygens (including phenoxy) is 1. The van der Waals surface area contributed by atoms with Crippen LogP contribution in [-0.4, -0.2) is 55.7 Å². The predicted molar refractivity (Wildman–Crippen MR) is 72.3 cm³/mol. The Morgan fingerprint density at radius 1 is 1.56 bits per heavy atom. The van der Waals surface area contributed by atoms with E-state index in [9.17, 15) is 4.79 Å². The Kier molecular flexibility index (Phi) is 6.60. The van der Waals surface area contributed by atoms with Gasteiger partial charge in [0.2, 0.25) is 5.91 Å². The van der Waals surface area contributed by atoms with Gasteiger partial charge >= 0.3 is 0 Å². The van der Waals surface area contributed by atoms with Crippen molar-refractivity contribution in [2.24, 2.45) is 5.73 Å². The minimum Gasteiger partial charge on any atom is -0.383 e. The monoisotopic (exact) mass is 257 g/mol. The van der Waals surface area contributed by atoms with Crippen LogP contribution >= 0.6 is 0 Å². The zero-order valence-corrected chi connectivity index (χ0v) is 11.8. The standard InChI is InChI=1S/C13H27N3O2/c1-4-10(2)16(7-8-18-3)9-12(13(14)17)15-11-5-6-11/h10-12,15H,4-9H2,1-3H3,(H2,14,17). The molecule has 0 saturated heterocycles. The molecule has 5 nitrogen and oxygen atoms in total. The first-order chi connectivity index (χ1) is 8.58. The van der Waals surface area contributed by atoms with E-state index in [0.717, 1.165) is 25.8 Å². The Morgan fingerprint density at radius 3 is 2.67 bits per heavy atom. The van der Waals surface area contributed by atoms with E-state index in [1.807, 2.05) is 0 Å². The quantitative estimate of drug-likeness (QED) is 0.592. The Morgan fingerprint density at radius 2 is 2.22 bits per heavy atom. The second-order valence-electron chi connectivity index (χ2n) is 5.14. The van der Waals surface area contributed by atoms with E-state index in [1.165, 1.54) is 0 Å². The first-order valence-electron chi connectivity index (χ1n) is 6.86. The summed E-state index contributed by atoms with van der Waals surface area (Å²) in [6.07, 6.45) is 3.37. The van der Waals surface area contributed by atoms with E-state index >= 15 is 0 Å². The van der Waals surface area contributed by atoms with Crippen molar-refractivity contribution in [3.05, 3.63) is 0 Å². The smallest absolute Gasteiger partial charge is 0.235 e. The number of hydrogen-bond donors (Lipinski definition) is 2. The van der Waals surface area contributed by atoms with Crippen LogP contribution in [0.3, 0.4) is 0 Å². The summed E-state index contributed by atoms with van der Waals surface area (Å²) in [5.41, 5.74) is 5.47. The van der Waals surface area contributed by atoms with Crippen LogP contribution in [0.4, 0.5) is 0 Å². The fourth-order valence-corrected chi connectivity index (χ4v) is 1.95. The number of nitrogens with one attached hydrogen (secondary N) is 1. The van der Waals surface area contributed by atoms with Crippen molar-refractivity contribution < 1.29 is 9.53 Å². The van der Waals surface area contributed by atoms with Crippen LogP contribution in [0.1, 0.15) is 33.1 Å². The summed E-state index contributed by atoms with van der Waals surface area (Å²) >= 11 is 0. The Labute approximate surface area is 110 Å². The molecule has 5 heteroatoms. The summed E-state index contributed by atoms with van der Waals surface area (Å²) in [4.78, 5) is 13.8. The van der Waals surface area contributed by atoms with Gasteiger partial charge in [-0.2, -0.15) is 0 Å². The van der Waals surface area contributed by atoms with Crippen LogP contribution in [0.5, 0.6) is 0 Å². The summed E-state index contributed by atoms with van der Waals surface area (Å²) in [5.74, 6) is -0.257. The number of nitrogens with two attached hydrogens (primary N) is 1. The average molecular weight is 257 g/mol. The summed E-state index contributed by atoms with van der Waals surface area (Å²) in [6.45, 7) is 6.51. The lowest BCUT2D eigenvalue weighted by Crippen LogP contribution is -2.52. The third-order valence-corrected chi connectivity index (χ3v) is 3.57. The van der Waals surface area contributed by atoms with Gasteiger partial charge in [0.25, 0.3) is 0 Å². The summed E-state index contributed by atoms with van der Waals surface area (Å²) < 4.78 is 5.12. The molecule has 2 atom stereocenters. The van der Waals surface area contributed by atoms with E-state index in [-0.39, 0.29) is 11.9 Å². The van der Waals surface area contributed by atoms with Crippen LogP contribution < -0.4 is 11.1 Å². The normalized spacial score (nSPS) is 18.9. The van der Waals surface area contributed by atoms with Crippen molar-refractivity contribution in [3.63, 3.8) is 0 Å². The lowest BCUT2D eigenvalue weighted by molar-refractivity contribution is -0.120. The molecule has 1 rings (SSSR count). The molecule has 0 heterocycles. The number of nitrogens with zero attached hydrogens (tertiary/aromatic N) is 1. The zero-order chi connectivity index (χ0) is 13.5. The molecular formula is C13H27N3O2. The SMILES string of the molecule is CCC(C)N(CCOC)CC(NC1CC1)C(N)=O. The highest BCUT2D eigenvalue weighted by Gasteiger charge is 2.29. The molecule has 1 aliphatic rings. The predicted octanol–water partition coefficient (Wildman–Crippen LogP) is 0.339. The van der Waals surface area contributed by atoms with E-state index in [2.05, 4.69) is 24.1 Å². The largest absolute Gasteiger partial charge is 0.383 e. The van der Waals surface area contributed by atoms with Gasteiger partial charge in [-0.25, -0.2) is 0 Å². The van der Waals surface area contributed by atoms with Crippen molar-refractivity contribution in [2.75, 3.05) is 26.8 Å². The summed E-state index contributed by atoms with van der Waals surface area (Å²) in [5, 5.41) is 3.32. The number of carbonyl (C=O) groups excluding carboxylic acids is 1. The van der Waals surface area contributed by atoms with E-state index in [1.54, 1.807) is 7.11 Å². The van der Waals surface area contributed by atoms with Crippen molar-refractivity contribution in [2.45, 2.75) is 51.2 Å². The Bertz CT molecular complexity index is 257. The van der Waals surface area contributed by atoms with Crippen LogP contribution in [0.15, 0.2) is 0 Å². The molecule has 0 aromatic rings. The van der Waals surface area contributed by atoms with E-state index < -0.39 is 0 Å². The first-order valence-corrected chi connectivity index (χ1v) is 6.86. The maximum Gasteiger partial charge on any atom is 0.235 e. The summed E-state index contributed by atoms with van der Waals surface area (Å²) in [6, 6.07) is 0.676. The number of carbonyl (C=O) groups is 1. The van der Waals surface area contributed by atoms with Crippen LogP contribution in [0, 0.1) is 0 Å². The molecule has 0 aliphatic heterocycles. The van der Waals surface area contributed by atoms with Crippen LogP contribution in [0.2, 0.25) is 0 Å². The van der Waals surface area contributed by atoms with Crippen LogP contribution in [0.25, 0.3) is 0 Å². The minimum atomic E-state index is -0.257. The summed E-state index contributed by atoms with van der Waals surface area (Å²) in [7, 11) is 1.70. The molecule has 1 aliphatic carbocycles. The highest BCUT2D eigenvalue weighted by Crippen LogP contribution is 2.19. The highest BCUT2D eigenvalue weighted by atomic mass is 16.5. The van der Waals surface area contributed by atoms with Gasteiger partial charge in [0, 0.05) is 32.3 Å². The molecule has 1 saturated carbocycles. The average Bonchev–Trinajstić information content (AvgIpc) is 3.15. The molecule has 0 aromatic carbocycles.